The number of amides is 2. The van der Waals surface area contributed by atoms with E-state index in [4.69, 9.17) is 9.15 Å². The van der Waals surface area contributed by atoms with Gasteiger partial charge in [-0.2, -0.15) is 0 Å². The molecule has 2 rings (SSSR count). The zero-order valence-corrected chi connectivity index (χ0v) is 12.8. The van der Waals surface area contributed by atoms with Gasteiger partial charge in [0.1, 0.15) is 11.6 Å². The fourth-order valence-electron chi connectivity index (χ4n) is 1.74. The molecule has 0 aliphatic rings. The number of nitrogens with one attached hydrogen (secondary N) is 2. The number of esters is 1. The first-order valence-electron chi connectivity index (χ1n) is 7.00. The van der Waals surface area contributed by atoms with Gasteiger partial charge in [0.15, 0.2) is 6.61 Å². The van der Waals surface area contributed by atoms with Crippen molar-refractivity contribution in [2.24, 2.45) is 0 Å². The predicted octanol–water partition coefficient (Wildman–Crippen LogP) is 1.10. The van der Waals surface area contributed by atoms with Crippen LogP contribution in [0.1, 0.15) is 10.6 Å². The van der Waals surface area contributed by atoms with Gasteiger partial charge >= 0.3 is 5.97 Å². The molecule has 1 heterocycles. The zero-order valence-electron chi connectivity index (χ0n) is 12.8. The summed E-state index contributed by atoms with van der Waals surface area (Å²) in [7, 11) is 1.43. The Bertz CT molecular complexity index is 739. The molecule has 2 aromatic rings. The number of hydrogen-bond acceptors (Lipinski definition) is 5. The normalized spacial score (nSPS) is 10.1. The van der Waals surface area contributed by atoms with Gasteiger partial charge in [0.05, 0.1) is 6.54 Å². The minimum atomic E-state index is -0.821. The molecule has 0 unspecified atom stereocenters. The second-order valence-electron chi connectivity index (χ2n) is 4.70. The van der Waals surface area contributed by atoms with Crippen LogP contribution in [0.5, 0.6) is 0 Å². The van der Waals surface area contributed by atoms with Crippen molar-refractivity contribution in [1.29, 1.82) is 0 Å². The number of furan rings is 1. The van der Waals surface area contributed by atoms with E-state index in [1.54, 1.807) is 0 Å². The molecule has 24 heavy (non-hydrogen) atoms. The molecule has 126 valence electrons. The van der Waals surface area contributed by atoms with E-state index in [9.17, 15) is 18.8 Å². The second kappa shape index (κ2) is 7.91. The van der Waals surface area contributed by atoms with Gasteiger partial charge in [-0.3, -0.25) is 9.59 Å². The lowest BCUT2D eigenvalue weighted by Crippen LogP contribution is -2.37. The highest BCUT2D eigenvalue weighted by Gasteiger charge is 2.15. The molecule has 2 N–H and O–H groups in total. The van der Waals surface area contributed by atoms with E-state index < -0.39 is 18.5 Å². The molecule has 0 fully saturated rings. The van der Waals surface area contributed by atoms with Crippen molar-refractivity contribution in [3.05, 3.63) is 48.0 Å². The summed E-state index contributed by atoms with van der Waals surface area (Å²) in [6.45, 7) is -0.745. The van der Waals surface area contributed by atoms with E-state index >= 15 is 0 Å². The Kier molecular flexibility index (Phi) is 5.67. The van der Waals surface area contributed by atoms with Crippen LogP contribution in [0, 0.1) is 5.82 Å². The van der Waals surface area contributed by atoms with Crippen LogP contribution in [-0.4, -0.2) is 38.0 Å². The molecule has 7 nitrogen and oxygen atoms in total. The standard InChI is InChI=1S/C16H15FN2O5/c1-18-14(20)8-19-15(21)9-23-16(22)13-7-6-12(24-13)10-2-4-11(17)5-3-10/h2-7H,8-9H2,1H3,(H,18,20)(H,19,21). The summed E-state index contributed by atoms with van der Waals surface area (Å²) in [5.74, 6) is -1.91. The maximum absolute atomic E-state index is 12.9. The lowest BCUT2D eigenvalue weighted by atomic mass is 10.2. The van der Waals surface area contributed by atoms with Gasteiger partial charge in [0.2, 0.25) is 11.7 Å². The van der Waals surface area contributed by atoms with Crippen LogP contribution in [0.3, 0.4) is 0 Å². The Labute approximate surface area is 136 Å². The summed E-state index contributed by atoms with van der Waals surface area (Å²) in [5.41, 5.74) is 0.596. The summed E-state index contributed by atoms with van der Waals surface area (Å²) in [5, 5.41) is 4.62. The molecule has 0 spiro atoms. The number of halogens is 1. The number of carbonyl (C=O) groups excluding carboxylic acids is 3. The fourth-order valence-corrected chi connectivity index (χ4v) is 1.74. The number of benzene rings is 1. The average Bonchev–Trinajstić information content (AvgIpc) is 3.08. The molecule has 0 saturated heterocycles. The molecular formula is C16H15FN2O5. The van der Waals surface area contributed by atoms with Crippen LogP contribution in [0.2, 0.25) is 0 Å². The van der Waals surface area contributed by atoms with E-state index in [1.165, 1.54) is 43.4 Å². The molecule has 2 amide bonds. The summed E-state index contributed by atoms with van der Waals surface area (Å²) < 4.78 is 23.0. The minimum absolute atomic E-state index is 0.0894. The first-order valence-corrected chi connectivity index (χ1v) is 7.00. The Balaban J connectivity index is 1.88. The van der Waals surface area contributed by atoms with Crippen molar-refractivity contribution >= 4 is 17.8 Å². The Morgan fingerprint density at radius 1 is 1.08 bits per heavy atom. The second-order valence-corrected chi connectivity index (χ2v) is 4.70. The van der Waals surface area contributed by atoms with E-state index in [2.05, 4.69) is 10.6 Å². The molecule has 0 aliphatic carbocycles. The highest BCUT2D eigenvalue weighted by Crippen LogP contribution is 2.22. The number of carbonyl (C=O) groups is 3. The van der Waals surface area contributed by atoms with Gasteiger partial charge in [-0.1, -0.05) is 0 Å². The Hall–Kier alpha value is -3.16. The average molecular weight is 334 g/mol. The zero-order chi connectivity index (χ0) is 17.5. The van der Waals surface area contributed by atoms with Crippen LogP contribution < -0.4 is 10.6 Å². The highest BCUT2D eigenvalue weighted by molar-refractivity contribution is 5.90. The Morgan fingerprint density at radius 2 is 1.79 bits per heavy atom. The van der Waals surface area contributed by atoms with Gasteiger partial charge in [-0.25, -0.2) is 9.18 Å². The first kappa shape index (κ1) is 17.2. The molecular weight excluding hydrogens is 319 g/mol. The maximum atomic E-state index is 12.9. The third kappa shape index (κ3) is 4.67. The number of ether oxygens (including phenoxy) is 1. The van der Waals surface area contributed by atoms with Gasteiger partial charge < -0.3 is 19.8 Å². The van der Waals surface area contributed by atoms with Crippen molar-refractivity contribution in [2.75, 3.05) is 20.2 Å². The van der Waals surface area contributed by atoms with Crippen LogP contribution >= 0.6 is 0 Å². The summed E-state index contributed by atoms with van der Waals surface area (Å²) in [4.78, 5) is 34.2. The molecule has 8 heteroatoms. The predicted molar refractivity (Wildman–Crippen MR) is 81.5 cm³/mol. The first-order chi connectivity index (χ1) is 11.5. The molecule has 0 atom stereocenters. The SMILES string of the molecule is CNC(=O)CNC(=O)COC(=O)c1ccc(-c2ccc(F)cc2)o1. The van der Waals surface area contributed by atoms with Gasteiger partial charge in [0.25, 0.3) is 5.91 Å². The monoisotopic (exact) mass is 334 g/mol. The van der Waals surface area contributed by atoms with Crippen LogP contribution in [0.4, 0.5) is 4.39 Å². The molecule has 1 aromatic heterocycles. The van der Waals surface area contributed by atoms with Crippen LogP contribution in [-0.2, 0) is 14.3 Å². The fraction of sp³-hybridized carbons (Fsp3) is 0.188. The molecule has 0 aliphatic heterocycles. The minimum Gasteiger partial charge on any atom is -0.450 e. The smallest absolute Gasteiger partial charge is 0.374 e. The maximum Gasteiger partial charge on any atom is 0.374 e. The van der Waals surface area contributed by atoms with Crippen molar-refractivity contribution < 1.29 is 27.9 Å². The van der Waals surface area contributed by atoms with E-state index in [-0.39, 0.29) is 24.0 Å². The number of rotatable bonds is 6. The summed E-state index contributed by atoms with van der Waals surface area (Å²) in [6, 6.07) is 8.49. The summed E-state index contributed by atoms with van der Waals surface area (Å²) in [6.07, 6.45) is 0. The Morgan fingerprint density at radius 3 is 2.46 bits per heavy atom. The van der Waals surface area contributed by atoms with Crippen molar-refractivity contribution in [3.63, 3.8) is 0 Å². The quantitative estimate of drug-likeness (QED) is 0.771. The molecule has 0 saturated carbocycles. The largest absolute Gasteiger partial charge is 0.450 e. The topological polar surface area (TPSA) is 97.6 Å². The van der Waals surface area contributed by atoms with Crippen LogP contribution in [0.25, 0.3) is 11.3 Å². The van der Waals surface area contributed by atoms with Crippen molar-refractivity contribution in [1.82, 2.24) is 10.6 Å². The third-order valence-corrected chi connectivity index (χ3v) is 3.00. The van der Waals surface area contributed by atoms with Gasteiger partial charge in [0, 0.05) is 12.6 Å². The highest BCUT2D eigenvalue weighted by atomic mass is 19.1. The van der Waals surface area contributed by atoms with Crippen LogP contribution in [0.15, 0.2) is 40.8 Å². The van der Waals surface area contributed by atoms with E-state index in [1.807, 2.05) is 0 Å². The van der Waals surface area contributed by atoms with Crippen molar-refractivity contribution in [2.45, 2.75) is 0 Å². The van der Waals surface area contributed by atoms with Gasteiger partial charge in [-0.15, -0.1) is 0 Å². The molecule has 0 bridgehead atoms. The van der Waals surface area contributed by atoms with E-state index in [0.717, 1.165) is 0 Å². The third-order valence-electron chi connectivity index (χ3n) is 3.00. The number of hydrogen-bond donors (Lipinski definition) is 2. The summed E-state index contributed by atoms with van der Waals surface area (Å²) >= 11 is 0. The molecule has 1 aromatic carbocycles. The van der Waals surface area contributed by atoms with E-state index in [0.29, 0.717) is 11.3 Å². The van der Waals surface area contributed by atoms with Crippen molar-refractivity contribution in [3.8, 4) is 11.3 Å². The lowest BCUT2D eigenvalue weighted by Gasteiger charge is -2.04. The lowest BCUT2D eigenvalue weighted by molar-refractivity contribution is -0.127. The van der Waals surface area contributed by atoms with Gasteiger partial charge in [-0.05, 0) is 36.4 Å². The number of likely N-dealkylation sites (N-methyl/N-ethyl adjacent to an activating group) is 1. The molecule has 0 radical (unpaired) electrons.